The van der Waals surface area contributed by atoms with Crippen LogP contribution < -0.4 is 5.56 Å². The molecule has 3 aromatic rings. The highest BCUT2D eigenvalue weighted by molar-refractivity contribution is 7.71. The predicted molar refractivity (Wildman–Crippen MR) is 76.4 cm³/mol. The molecular formula is C14H10N2O2S. The second-order valence-corrected chi connectivity index (χ2v) is 4.52. The fourth-order valence-corrected chi connectivity index (χ4v) is 2.33. The van der Waals surface area contributed by atoms with Crippen molar-refractivity contribution in [3.05, 3.63) is 63.7 Å². The SMILES string of the molecule is O=c1c2ccccc2[nH]c(=S)n1-c1cccc(O)c1. The van der Waals surface area contributed by atoms with Crippen LogP contribution in [-0.4, -0.2) is 14.7 Å². The van der Waals surface area contributed by atoms with Crippen molar-refractivity contribution in [3.8, 4) is 11.4 Å². The molecule has 0 unspecified atom stereocenters. The molecule has 0 amide bonds. The molecule has 1 aromatic heterocycles. The van der Waals surface area contributed by atoms with E-state index in [-0.39, 0.29) is 11.3 Å². The number of aromatic amines is 1. The van der Waals surface area contributed by atoms with Crippen molar-refractivity contribution in [1.29, 1.82) is 0 Å². The normalized spacial score (nSPS) is 10.7. The molecule has 0 aliphatic carbocycles. The Hall–Kier alpha value is -2.40. The van der Waals surface area contributed by atoms with Gasteiger partial charge in [-0.25, -0.2) is 0 Å². The number of nitrogens with one attached hydrogen (secondary N) is 1. The summed E-state index contributed by atoms with van der Waals surface area (Å²) in [4.78, 5) is 15.5. The van der Waals surface area contributed by atoms with Crippen LogP contribution in [0.2, 0.25) is 0 Å². The quantitative estimate of drug-likeness (QED) is 0.668. The summed E-state index contributed by atoms with van der Waals surface area (Å²) in [5.41, 5.74) is 1.04. The smallest absolute Gasteiger partial charge is 0.266 e. The molecule has 0 aliphatic heterocycles. The fraction of sp³-hybridized carbons (Fsp3) is 0. The number of fused-ring (bicyclic) bond motifs is 1. The van der Waals surface area contributed by atoms with E-state index in [0.29, 0.717) is 21.4 Å². The Morgan fingerprint density at radius 2 is 1.89 bits per heavy atom. The van der Waals surface area contributed by atoms with E-state index in [1.807, 2.05) is 6.07 Å². The number of nitrogens with zero attached hydrogens (tertiary/aromatic N) is 1. The molecule has 0 saturated carbocycles. The van der Waals surface area contributed by atoms with Gasteiger partial charge in [-0.1, -0.05) is 18.2 Å². The topological polar surface area (TPSA) is 58.0 Å². The summed E-state index contributed by atoms with van der Waals surface area (Å²) in [6, 6.07) is 13.6. The number of phenols is 1. The Balaban J connectivity index is 2.42. The Bertz CT molecular complexity index is 880. The lowest BCUT2D eigenvalue weighted by Crippen LogP contribution is -2.20. The number of aromatic nitrogens is 2. The third-order valence-electron chi connectivity index (χ3n) is 2.89. The van der Waals surface area contributed by atoms with Crippen LogP contribution in [0.25, 0.3) is 16.6 Å². The largest absolute Gasteiger partial charge is 0.508 e. The van der Waals surface area contributed by atoms with Gasteiger partial charge in [0.1, 0.15) is 5.75 Å². The van der Waals surface area contributed by atoms with Crippen LogP contribution in [0.5, 0.6) is 5.75 Å². The van der Waals surface area contributed by atoms with Crippen molar-refractivity contribution in [3.63, 3.8) is 0 Å². The number of benzene rings is 2. The zero-order valence-electron chi connectivity index (χ0n) is 9.83. The van der Waals surface area contributed by atoms with Gasteiger partial charge in [0.25, 0.3) is 5.56 Å². The lowest BCUT2D eigenvalue weighted by atomic mass is 10.2. The first kappa shape index (κ1) is 11.7. The molecule has 0 aliphatic rings. The Morgan fingerprint density at radius 1 is 1.11 bits per heavy atom. The van der Waals surface area contributed by atoms with Crippen molar-refractivity contribution in [2.24, 2.45) is 0 Å². The van der Waals surface area contributed by atoms with E-state index >= 15 is 0 Å². The molecule has 94 valence electrons. The summed E-state index contributed by atoms with van der Waals surface area (Å²) in [5, 5.41) is 10.1. The van der Waals surface area contributed by atoms with Crippen molar-refractivity contribution < 1.29 is 5.11 Å². The van der Waals surface area contributed by atoms with E-state index in [4.69, 9.17) is 12.2 Å². The maximum Gasteiger partial charge on any atom is 0.266 e. The van der Waals surface area contributed by atoms with Crippen LogP contribution in [0.1, 0.15) is 0 Å². The highest BCUT2D eigenvalue weighted by Crippen LogP contribution is 2.15. The lowest BCUT2D eigenvalue weighted by molar-refractivity contribution is 0.475. The maximum absolute atomic E-state index is 12.5. The van der Waals surface area contributed by atoms with Crippen LogP contribution in [0.4, 0.5) is 0 Å². The van der Waals surface area contributed by atoms with Crippen molar-refractivity contribution >= 4 is 23.1 Å². The van der Waals surface area contributed by atoms with Crippen LogP contribution >= 0.6 is 12.2 Å². The molecule has 0 fully saturated rings. The average molecular weight is 270 g/mol. The molecule has 0 saturated heterocycles. The third-order valence-corrected chi connectivity index (χ3v) is 3.18. The van der Waals surface area contributed by atoms with E-state index in [1.165, 1.54) is 10.6 Å². The van der Waals surface area contributed by atoms with Gasteiger partial charge in [-0.05, 0) is 36.5 Å². The van der Waals surface area contributed by atoms with Crippen molar-refractivity contribution in [1.82, 2.24) is 9.55 Å². The van der Waals surface area contributed by atoms with Gasteiger partial charge in [-0.15, -0.1) is 0 Å². The summed E-state index contributed by atoms with van der Waals surface area (Å²) in [6.45, 7) is 0. The minimum atomic E-state index is -0.204. The lowest BCUT2D eigenvalue weighted by Gasteiger charge is -2.08. The Labute approximate surface area is 113 Å². The molecule has 3 rings (SSSR count). The second kappa shape index (κ2) is 4.37. The van der Waals surface area contributed by atoms with Gasteiger partial charge in [0, 0.05) is 6.07 Å². The molecule has 2 N–H and O–H groups in total. The first-order valence-electron chi connectivity index (χ1n) is 5.70. The zero-order valence-corrected chi connectivity index (χ0v) is 10.6. The maximum atomic E-state index is 12.5. The molecule has 4 nitrogen and oxygen atoms in total. The minimum Gasteiger partial charge on any atom is -0.508 e. The Morgan fingerprint density at radius 3 is 2.68 bits per heavy atom. The number of para-hydroxylation sites is 1. The number of phenolic OH excluding ortho intramolecular Hbond substituents is 1. The first-order chi connectivity index (χ1) is 9.16. The van der Waals surface area contributed by atoms with Crippen molar-refractivity contribution in [2.45, 2.75) is 0 Å². The predicted octanol–water partition coefficient (Wildman–Crippen LogP) is 2.75. The van der Waals surface area contributed by atoms with Gasteiger partial charge in [-0.2, -0.15) is 0 Å². The molecule has 1 heterocycles. The first-order valence-corrected chi connectivity index (χ1v) is 6.11. The highest BCUT2D eigenvalue weighted by atomic mass is 32.1. The van der Waals surface area contributed by atoms with Gasteiger partial charge in [0.15, 0.2) is 4.77 Å². The standard InChI is InChI=1S/C14H10N2O2S/c17-10-5-3-4-9(8-10)16-13(18)11-6-1-2-7-12(11)15-14(16)19/h1-8,17H,(H,15,19). The minimum absolute atomic E-state index is 0.0898. The molecule has 2 aromatic carbocycles. The summed E-state index contributed by atoms with van der Waals surface area (Å²) in [6.07, 6.45) is 0. The van der Waals surface area contributed by atoms with Crippen LogP contribution in [0.15, 0.2) is 53.3 Å². The zero-order chi connectivity index (χ0) is 13.4. The van der Waals surface area contributed by atoms with Gasteiger partial charge < -0.3 is 10.1 Å². The molecule has 0 spiro atoms. The van der Waals surface area contributed by atoms with Gasteiger partial charge >= 0.3 is 0 Å². The summed E-state index contributed by atoms with van der Waals surface area (Å²) >= 11 is 5.22. The van der Waals surface area contributed by atoms with Crippen molar-refractivity contribution in [2.75, 3.05) is 0 Å². The van der Waals surface area contributed by atoms with E-state index in [2.05, 4.69) is 4.98 Å². The van der Waals surface area contributed by atoms with Gasteiger partial charge in [-0.3, -0.25) is 9.36 Å². The van der Waals surface area contributed by atoms with E-state index in [0.717, 1.165) is 0 Å². The van der Waals surface area contributed by atoms with Crippen LogP contribution in [-0.2, 0) is 0 Å². The number of rotatable bonds is 1. The van der Waals surface area contributed by atoms with Crippen LogP contribution in [0, 0.1) is 4.77 Å². The average Bonchev–Trinajstić information content (AvgIpc) is 2.39. The second-order valence-electron chi connectivity index (χ2n) is 4.14. The third kappa shape index (κ3) is 1.94. The molecule has 0 atom stereocenters. The van der Waals surface area contributed by atoms with Crippen LogP contribution in [0.3, 0.4) is 0 Å². The summed E-state index contributed by atoms with van der Waals surface area (Å²) in [7, 11) is 0. The highest BCUT2D eigenvalue weighted by Gasteiger charge is 2.07. The molecule has 5 heteroatoms. The van der Waals surface area contributed by atoms with E-state index in [1.54, 1.807) is 36.4 Å². The monoisotopic (exact) mass is 270 g/mol. The van der Waals surface area contributed by atoms with Gasteiger partial charge in [0.2, 0.25) is 0 Å². The van der Waals surface area contributed by atoms with Gasteiger partial charge in [0.05, 0.1) is 16.6 Å². The molecule has 0 radical (unpaired) electrons. The Kier molecular flexibility index (Phi) is 2.68. The molecule has 19 heavy (non-hydrogen) atoms. The number of H-pyrrole nitrogens is 1. The number of hydrogen-bond donors (Lipinski definition) is 2. The summed E-state index contributed by atoms with van der Waals surface area (Å²) < 4.78 is 1.67. The number of hydrogen-bond acceptors (Lipinski definition) is 3. The molecule has 0 bridgehead atoms. The van der Waals surface area contributed by atoms with E-state index in [9.17, 15) is 9.90 Å². The van der Waals surface area contributed by atoms with E-state index < -0.39 is 0 Å². The summed E-state index contributed by atoms with van der Waals surface area (Å²) in [5.74, 6) is 0.0898. The molecular weight excluding hydrogens is 260 g/mol. The fourth-order valence-electron chi connectivity index (χ4n) is 2.03. The number of aromatic hydroxyl groups is 1.